The van der Waals surface area contributed by atoms with Gasteiger partial charge in [0.2, 0.25) is 0 Å². The van der Waals surface area contributed by atoms with E-state index in [2.05, 4.69) is 62.3 Å². The highest BCUT2D eigenvalue weighted by atomic mass is 16.5. The van der Waals surface area contributed by atoms with E-state index in [0.29, 0.717) is 5.92 Å². The van der Waals surface area contributed by atoms with Crippen molar-refractivity contribution >= 4 is 0 Å². The fraction of sp³-hybridized carbons (Fsp3) is 0.529. The monoisotopic (exact) mass is 287 g/mol. The fourth-order valence-corrected chi connectivity index (χ4v) is 2.18. The SMILES string of the molecule is CCCCOC(C(C)C)n1cc(-c2ccc(C)cc2)nn1. The number of benzene rings is 1. The van der Waals surface area contributed by atoms with Gasteiger partial charge in [-0.2, -0.15) is 0 Å². The fourth-order valence-electron chi connectivity index (χ4n) is 2.18. The van der Waals surface area contributed by atoms with E-state index in [1.54, 1.807) is 0 Å². The molecule has 0 aliphatic heterocycles. The number of aromatic nitrogens is 3. The molecule has 1 aromatic carbocycles. The minimum atomic E-state index is -0.0525. The first-order valence-corrected chi connectivity index (χ1v) is 7.72. The molecule has 0 N–H and O–H groups in total. The van der Waals surface area contributed by atoms with E-state index in [0.717, 1.165) is 30.7 Å². The molecule has 4 heteroatoms. The van der Waals surface area contributed by atoms with E-state index in [1.807, 2.05) is 10.9 Å². The lowest BCUT2D eigenvalue weighted by Gasteiger charge is -2.21. The van der Waals surface area contributed by atoms with Crippen molar-refractivity contribution in [1.29, 1.82) is 0 Å². The van der Waals surface area contributed by atoms with Gasteiger partial charge in [-0.05, 0) is 13.3 Å². The molecule has 0 spiro atoms. The largest absolute Gasteiger partial charge is 0.356 e. The molecule has 0 amide bonds. The Morgan fingerprint density at radius 1 is 1.19 bits per heavy atom. The van der Waals surface area contributed by atoms with Gasteiger partial charge >= 0.3 is 0 Å². The van der Waals surface area contributed by atoms with E-state index >= 15 is 0 Å². The van der Waals surface area contributed by atoms with Crippen molar-refractivity contribution in [2.45, 2.75) is 46.8 Å². The average Bonchev–Trinajstić information content (AvgIpc) is 2.93. The summed E-state index contributed by atoms with van der Waals surface area (Å²) in [5.74, 6) is 0.356. The van der Waals surface area contributed by atoms with Crippen LogP contribution in [0.15, 0.2) is 30.5 Å². The number of rotatable bonds is 7. The maximum absolute atomic E-state index is 5.96. The highest BCUT2D eigenvalue weighted by molar-refractivity contribution is 5.57. The predicted octanol–water partition coefficient (Wildman–Crippen LogP) is 4.22. The maximum Gasteiger partial charge on any atom is 0.154 e. The Bertz CT molecular complexity index is 545. The molecule has 114 valence electrons. The molecule has 0 aliphatic rings. The summed E-state index contributed by atoms with van der Waals surface area (Å²) < 4.78 is 7.80. The highest BCUT2D eigenvalue weighted by Gasteiger charge is 2.18. The van der Waals surface area contributed by atoms with Gasteiger partial charge in [0.25, 0.3) is 0 Å². The van der Waals surface area contributed by atoms with Crippen molar-refractivity contribution in [3.63, 3.8) is 0 Å². The quantitative estimate of drug-likeness (QED) is 0.716. The summed E-state index contributed by atoms with van der Waals surface area (Å²) in [5.41, 5.74) is 3.22. The van der Waals surface area contributed by atoms with Crippen molar-refractivity contribution in [2.24, 2.45) is 5.92 Å². The van der Waals surface area contributed by atoms with Crippen LogP contribution in [0, 0.1) is 12.8 Å². The molecule has 4 nitrogen and oxygen atoms in total. The standard InChI is InChI=1S/C17H25N3O/c1-5-6-11-21-17(13(2)3)20-12-16(18-19-20)15-9-7-14(4)8-10-15/h7-10,12-13,17H,5-6,11H2,1-4H3. The van der Waals surface area contributed by atoms with Gasteiger partial charge < -0.3 is 4.74 Å². The van der Waals surface area contributed by atoms with E-state index in [1.165, 1.54) is 5.56 Å². The zero-order valence-electron chi connectivity index (χ0n) is 13.4. The van der Waals surface area contributed by atoms with E-state index in [9.17, 15) is 0 Å². The van der Waals surface area contributed by atoms with Crippen LogP contribution >= 0.6 is 0 Å². The van der Waals surface area contributed by atoms with Gasteiger partial charge in [0.1, 0.15) is 5.69 Å². The summed E-state index contributed by atoms with van der Waals surface area (Å²) in [4.78, 5) is 0. The topological polar surface area (TPSA) is 39.9 Å². The number of nitrogens with zero attached hydrogens (tertiary/aromatic N) is 3. The van der Waals surface area contributed by atoms with Crippen molar-refractivity contribution in [2.75, 3.05) is 6.61 Å². The molecule has 0 fully saturated rings. The van der Waals surface area contributed by atoms with Gasteiger partial charge in [0.15, 0.2) is 6.23 Å². The minimum absolute atomic E-state index is 0.0525. The van der Waals surface area contributed by atoms with Gasteiger partial charge in [-0.3, -0.25) is 0 Å². The summed E-state index contributed by atoms with van der Waals surface area (Å²) in [5, 5.41) is 8.54. The number of ether oxygens (including phenoxy) is 1. The van der Waals surface area contributed by atoms with Crippen LogP contribution in [0.3, 0.4) is 0 Å². The van der Waals surface area contributed by atoms with Crippen LogP contribution < -0.4 is 0 Å². The van der Waals surface area contributed by atoms with Crippen LogP contribution in [-0.2, 0) is 4.74 Å². The van der Waals surface area contributed by atoms with Crippen LogP contribution in [0.4, 0.5) is 0 Å². The first-order chi connectivity index (χ1) is 10.1. The molecule has 1 atom stereocenters. The third-order valence-corrected chi connectivity index (χ3v) is 3.48. The van der Waals surface area contributed by atoms with Gasteiger partial charge in [-0.1, -0.05) is 62.2 Å². The van der Waals surface area contributed by atoms with E-state index in [-0.39, 0.29) is 6.23 Å². The lowest BCUT2D eigenvalue weighted by molar-refractivity contribution is -0.0397. The predicted molar refractivity (Wildman–Crippen MR) is 84.9 cm³/mol. The summed E-state index contributed by atoms with van der Waals surface area (Å²) >= 11 is 0. The molecular weight excluding hydrogens is 262 g/mol. The third-order valence-electron chi connectivity index (χ3n) is 3.48. The van der Waals surface area contributed by atoms with Crippen molar-refractivity contribution in [3.8, 4) is 11.3 Å². The third kappa shape index (κ3) is 4.14. The summed E-state index contributed by atoms with van der Waals surface area (Å²) in [6.45, 7) is 9.29. The molecule has 1 heterocycles. The molecule has 21 heavy (non-hydrogen) atoms. The normalized spacial score (nSPS) is 12.8. The van der Waals surface area contributed by atoms with Gasteiger partial charge in [-0.25, -0.2) is 4.68 Å². The zero-order valence-corrected chi connectivity index (χ0v) is 13.4. The number of hydrogen-bond acceptors (Lipinski definition) is 3. The molecule has 0 radical (unpaired) electrons. The Morgan fingerprint density at radius 3 is 2.52 bits per heavy atom. The van der Waals surface area contributed by atoms with E-state index in [4.69, 9.17) is 4.74 Å². The van der Waals surface area contributed by atoms with Gasteiger partial charge in [-0.15, -0.1) is 5.10 Å². The summed E-state index contributed by atoms with van der Waals surface area (Å²) in [6.07, 6.45) is 4.13. The summed E-state index contributed by atoms with van der Waals surface area (Å²) in [7, 11) is 0. The summed E-state index contributed by atoms with van der Waals surface area (Å²) in [6, 6.07) is 8.33. The molecule has 1 unspecified atom stereocenters. The molecule has 0 bridgehead atoms. The van der Waals surface area contributed by atoms with Crippen molar-refractivity contribution in [3.05, 3.63) is 36.0 Å². The van der Waals surface area contributed by atoms with Crippen LogP contribution in [0.5, 0.6) is 0 Å². The molecule has 0 saturated carbocycles. The Morgan fingerprint density at radius 2 is 1.90 bits per heavy atom. The molecule has 1 aromatic heterocycles. The second-order valence-electron chi connectivity index (χ2n) is 5.81. The van der Waals surface area contributed by atoms with Crippen LogP contribution in [0.1, 0.15) is 45.4 Å². The first-order valence-electron chi connectivity index (χ1n) is 7.72. The number of unbranched alkanes of at least 4 members (excludes halogenated alkanes) is 1. The first kappa shape index (κ1) is 15.7. The van der Waals surface area contributed by atoms with Crippen molar-refractivity contribution < 1.29 is 4.74 Å². The average molecular weight is 287 g/mol. The minimum Gasteiger partial charge on any atom is -0.356 e. The molecule has 0 saturated heterocycles. The maximum atomic E-state index is 5.96. The van der Waals surface area contributed by atoms with E-state index < -0.39 is 0 Å². The lowest BCUT2D eigenvalue weighted by Crippen LogP contribution is -2.20. The van der Waals surface area contributed by atoms with Gasteiger partial charge in [0.05, 0.1) is 6.20 Å². The van der Waals surface area contributed by atoms with Crippen molar-refractivity contribution in [1.82, 2.24) is 15.0 Å². The highest BCUT2D eigenvalue weighted by Crippen LogP contribution is 2.22. The smallest absolute Gasteiger partial charge is 0.154 e. The lowest BCUT2D eigenvalue weighted by atomic mass is 10.1. The van der Waals surface area contributed by atoms with Crippen LogP contribution in [-0.4, -0.2) is 21.6 Å². The zero-order chi connectivity index (χ0) is 15.2. The number of hydrogen-bond donors (Lipinski definition) is 0. The second kappa shape index (κ2) is 7.36. The Labute approximate surface area is 127 Å². The van der Waals surface area contributed by atoms with Crippen LogP contribution in [0.25, 0.3) is 11.3 Å². The molecule has 2 aromatic rings. The number of aryl methyl sites for hydroxylation is 1. The van der Waals surface area contributed by atoms with Gasteiger partial charge in [0, 0.05) is 18.1 Å². The molecule has 2 rings (SSSR count). The molecular formula is C17H25N3O. The Hall–Kier alpha value is -1.68. The molecule has 0 aliphatic carbocycles. The van der Waals surface area contributed by atoms with Crippen LogP contribution in [0.2, 0.25) is 0 Å². The Balaban J connectivity index is 2.14. The second-order valence-corrected chi connectivity index (χ2v) is 5.81. The Kier molecular flexibility index (Phi) is 5.51.